The predicted octanol–water partition coefficient (Wildman–Crippen LogP) is 2.21. The molecule has 1 aliphatic carbocycles. The maximum Gasteiger partial charge on any atom is 0.289 e. The molecule has 0 saturated heterocycles. The second-order valence-electron chi connectivity index (χ2n) is 4.68. The number of rotatable bonds is 4. The zero-order valence-corrected chi connectivity index (χ0v) is 11.2. The minimum atomic E-state index is -3.83. The molecule has 1 aromatic carbocycles. The summed E-state index contributed by atoms with van der Waals surface area (Å²) in [5, 5.41) is 10.9. The molecular weight excluding hydrogens is 268 g/mol. The van der Waals surface area contributed by atoms with Crippen molar-refractivity contribution in [3.63, 3.8) is 0 Å². The van der Waals surface area contributed by atoms with Gasteiger partial charge in [-0.15, -0.1) is 0 Å². The largest absolute Gasteiger partial charge is 0.289 e. The Morgan fingerprint density at radius 1 is 1.16 bits per heavy atom. The van der Waals surface area contributed by atoms with Crippen molar-refractivity contribution in [2.24, 2.45) is 0 Å². The summed E-state index contributed by atoms with van der Waals surface area (Å²) >= 11 is 0. The van der Waals surface area contributed by atoms with Crippen LogP contribution in [0.1, 0.15) is 32.1 Å². The average Bonchev–Trinajstić information content (AvgIpc) is 2.39. The van der Waals surface area contributed by atoms with Gasteiger partial charge in [0.2, 0.25) is 10.0 Å². The van der Waals surface area contributed by atoms with Crippen LogP contribution in [0.4, 0.5) is 5.69 Å². The summed E-state index contributed by atoms with van der Waals surface area (Å²) in [7, 11) is -3.83. The van der Waals surface area contributed by atoms with E-state index in [9.17, 15) is 18.5 Å². The third kappa shape index (κ3) is 3.30. The first-order valence-corrected chi connectivity index (χ1v) is 7.75. The fraction of sp³-hybridized carbons (Fsp3) is 0.500. The molecule has 1 N–H and O–H groups in total. The number of hydrogen-bond acceptors (Lipinski definition) is 4. The summed E-state index contributed by atoms with van der Waals surface area (Å²) in [6, 6.07) is 5.30. The lowest BCUT2D eigenvalue weighted by Gasteiger charge is -2.22. The Kier molecular flexibility index (Phi) is 4.16. The van der Waals surface area contributed by atoms with Gasteiger partial charge in [-0.05, 0) is 18.9 Å². The van der Waals surface area contributed by atoms with Crippen LogP contribution in [0.25, 0.3) is 0 Å². The molecule has 2 rings (SSSR count). The zero-order valence-electron chi connectivity index (χ0n) is 10.4. The Bertz CT molecular complexity index is 565. The first-order valence-electron chi connectivity index (χ1n) is 6.26. The Labute approximate surface area is 112 Å². The highest BCUT2D eigenvalue weighted by atomic mass is 32.2. The smallest absolute Gasteiger partial charge is 0.258 e. The lowest BCUT2D eigenvalue weighted by molar-refractivity contribution is -0.387. The minimum absolute atomic E-state index is 0.112. The topological polar surface area (TPSA) is 89.3 Å². The van der Waals surface area contributed by atoms with Crippen LogP contribution in [-0.2, 0) is 10.0 Å². The van der Waals surface area contributed by atoms with Gasteiger partial charge in [-0.1, -0.05) is 31.4 Å². The van der Waals surface area contributed by atoms with E-state index in [0.29, 0.717) is 0 Å². The molecule has 0 atom stereocenters. The van der Waals surface area contributed by atoms with Crippen LogP contribution in [0, 0.1) is 10.1 Å². The Morgan fingerprint density at radius 2 is 1.79 bits per heavy atom. The van der Waals surface area contributed by atoms with Crippen LogP contribution < -0.4 is 4.72 Å². The van der Waals surface area contributed by atoms with Gasteiger partial charge in [-0.25, -0.2) is 13.1 Å². The first kappa shape index (κ1) is 14.0. The molecule has 1 aromatic rings. The lowest BCUT2D eigenvalue weighted by Crippen LogP contribution is -2.36. The maximum atomic E-state index is 12.2. The molecule has 0 bridgehead atoms. The molecule has 7 heteroatoms. The number of benzene rings is 1. The van der Waals surface area contributed by atoms with E-state index >= 15 is 0 Å². The van der Waals surface area contributed by atoms with Crippen molar-refractivity contribution in [2.75, 3.05) is 0 Å². The van der Waals surface area contributed by atoms with Crippen molar-refractivity contribution < 1.29 is 13.3 Å². The van der Waals surface area contributed by atoms with E-state index in [4.69, 9.17) is 0 Å². The van der Waals surface area contributed by atoms with Crippen molar-refractivity contribution in [2.45, 2.75) is 43.0 Å². The molecule has 1 fully saturated rings. The molecule has 19 heavy (non-hydrogen) atoms. The van der Waals surface area contributed by atoms with Crippen molar-refractivity contribution in [1.29, 1.82) is 0 Å². The van der Waals surface area contributed by atoms with Crippen LogP contribution in [0.5, 0.6) is 0 Å². The van der Waals surface area contributed by atoms with Crippen LogP contribution in [-0.4, -0.2) is 19.4 Å². The van der Waals surface area contributed by atoms with Crippen LogP contribution in [0.15, 0.2) is 29.2 Å². The number of nitrogens with one attached hydrogen (secondary N) is 1. The van der Waals surface area contributed by atoms with E-state index in [1.807, 2.05) is 0 Å². The molecule has 0 heterocycles. The van der Waals surface area contributed by atoms with Crippen LogP contribution in [0.2, 0.25) is 0 Å². The fourth-order valence-corrected chi connectivity index (χ4v) is 3.82. The summed E-state index contributed by atoms with van der Waals surface area (Å²) in [5.41, 5.74) is -0.384. The lowest BCUT2D eigenvalue weighted by atomic mass is 9.96. The van der Waals surface area contributed by atoms with Gasteiger partial charge in [0.05, 0.1) is 4.92 Å². The van der Waals surface area contributed by atoms with Gasteiger partial charge in [0, 0.05) is 12.1 Å². The first-order chi connectivity index (χ1) is 9.00. The van der Waals surface area contributed by atoms with E-state index in [-0.39, 0.29) is 16.6 Å². The zero-order chi connectivity index (χ0) is 13.9. The minimum Gasteiger partial charge on any atom is -0.258 e. The van der Waals surface area contributed by atoms with Crippen molar-refractivity contribution in [3.8, 4) is 0 Å². The standard InChI is InChI=1S/C12H16N2O4S/c15-14(16)11-8-4-5-9-12(11)19(17,18)13-10-6-2-1-3-7-10/h4-5,8-10,13H,1-3,6-7H2. The van der Waals surface area contributed by atoms with Crippen molar-refractivity contribution in [3.05, 3.63) is 34.4 Å². The quantitative estimate of drug-likeness (QED) is 0.678. The van der Waals surface area contributed by atoms with Gasteiger partial charge in [-0.3, -0.25) is 10.1 Å². The summed E-state index contributed by atoms with van der Waals surface area (Å²) in [6.07, 6.45) is 4.68. The van der Waals surface area contributed by atoms with E-state index in [1.54, 1.807) is 0 Å². The van der Waals surface area contributed by atoms with Gasteiger partial charge in [0.15, 0.2) is 4.90 Å². The molecule has 0 unspecified atom stereocenters. The normalized spacial score (nSPS) is 17.3. The van der Waals surface area contributed by atoms with Gasteiger partial charge in [0.1, 0.15) is 0 Å². The van der Waals surface area contributed by atoms with Gasteiger partial charge >= 0.3 is 0 Å². The molecule has 1 saturated carbocycles. The molecule has 104 valence electrons. The van der Waals surface area contributed by atoms with Gasteiger partial charge in [-0.2, -0.15) is 0 Å². The summed E-state index contributed by atoms with van der Waals surface area (Å²) < 4.78 is 27.0. The highest BCUT2D eigenvalue weighted by molar-refractivity contribution is 7.89. The third-order valence-electron chi connectivity index (χ3n) is 3.28. The van der Waals surface area contributed by atoms with E-state index in [1.165, 1.54) is 24.3 Å². The highest BCUT2D eigenvalue weighted by Crippen LogP contribution is 2.25. The molecule has 0 radical (unpaired) electrons. The maximum absolute atomic E-state index is 12.2. The van der Waals surface area contributed by atoms with E-state index < -0.39 is 14.9 Å². The second kappa shape index (κ2) is 5.66. The number of nitro benzene ring substituents is 1. The Hall–Kier alpha value is -1.47. The number of hydrogen-bond donors (Lipinski definition) is 1. The number of nitrogens with zero attached hydrogens (tertiary/aromatic N) is 1. The molecule has 1 aliphatic rings. The van der Waals surface area contributed by atoms with Crippen LogP contribution >= 0.6 is 0 Å². The van der Waals surface area contributed by atoms with Gasteiger partial charge in [0.25, 0.3) is 5.69 Å². The highest BCUT2D eigenvalue weighted by Gasteiger charge is 2.28. The number of para-hydroxylation sites is 1. The summed E-state index contributed by atoms with van der Waals surface area (Å²) in [4.78, 5) is 9.94. The molecule has 0 amide bonds. The van der Waals surface area contributed by atoms with Crippen molar-refractivity contribution in [1.82, 2.24) is 4.72 Å². The number of nitro groups is 1. The third-order valence-corrected chi connectivity index (χ3v) is 4.85. The summed E-state index contributed by atoms with van der Waals surface area (Å²) in [5.74, 6) is 0. The SMILES string of the molecule is O=[N+]([O-])c1ccccc1S(=O)(=O)NC1CCCCC1. The van der Waals surface area contributed by atoms with Crippen molar-refractivity contribution >= 4 is 15.7 Å². The predicted molar refractivity (Wildman–Crippen MR) is 70.3 cm³/mol. The Morgan fingerprint density at radius 3 is 2.42 bits per heavy atom. The monoisotopic (exact) mass is 284 g/mol. The molecule has 0 spiro atoms. The molecular formula is C12H16N2O4S. The van der Waals surface area contributed by atoms with Gasteiger partial charge < -0.3 is 0 Å². The summed E-state index contributed by atoms with van der Waals surface area (Å²) in [6.45, 7) is 0. The van der Waals surface area contributed by atoms with E-state index in [0.717, 1.165) is 32.1 Å². The number of sulfonamides is 1. The molecule has 0 aliphatic heterocycles. The second-order valence-corrected chi connectivity index (χ2v) is 6.36. The Balaban J connectivity index is 2.26. The average molecular weight is 284 g/mol. The molecule has 0 aromatic heterocycles. The van der Waals surface area contributed by atoms with E-state index in [2.05, 4.69) is 4.72 Å². The molecule has 6 nitrogen and oxygen atoms in total. The fourth-order valence-electron chi connectivity index (χ4n) is 2.34. The van der Waals surface area contributed by atoms with Crippen LogP contribution in [0.3, 0.4) is 0 Å².